The molecule has 1 aromatic carbocycles. The number of ether oxygens (including phenoxy) is 1. The van der Waals surface area contributed by atoms with Crippen LogP contribution in [0.15, 0.2) is 18.2 Å². The van der Waals surface area contributed by atoms with E-state index in [1.165, 1.54) is 6.07 Å². The Kier molecular flexibility index (Phi) is 7.51. The minimum atomic E-state index is -0.244. The van der Waals surface area contributed by atoms with Crippen LogP contribution >= 0.6 is 11.8 Å². The largest absolute Gasteiger partial charge is 0.385 e. The van der Waals surface area contributed by atoms with E-state index in [2.05, 4.69) is 11.8 Å². The molecule has 98 valence electrons. The van der Waals surface area contributed by atoms with Crippen LogP contribution in [-0.2, 0) is 10.5 Å². The van der Waals surface area contributed by atoms with Gasteiger partial charge >= 0.3 is 0 Å². The van der Waals surface area contributed by atoms with Gasteiger partial charge in [0.1, 0.15) is 5.82 Å². The van der Waals surface area contributed by atoms with Crippen LogP contribution in [0.3, 0.4) is 0 Å². The second kappa shape index (κ2) is 8.98. The fourth-order valence-corrected chi connectivity index (χ4v) is 2.32. The van der Waals surface area contributed by atoms with Gasteiger partial charge in [0.05, 0.1) is 6.54 Å². The maximum Gasteiger partial charge on any atom is 0.124 e. The van der Waals surface area contributed by atoms with Crippen molar-refractivity contribution >= 4 is 11.8 Å². The number of rotatable bonds is 6. The molecule has 0 aromatic heterocycles. The lowest BCUT2D eigenvalue weighted by molar-refractivity contribution is 0.200. The summed E-state index contributed by atoms with van der Waals surface area (Å²) < 4.78 is 18.3. The predicted molar refractivity (Wildman–Crippen MR) is 75.0 cm³/mol. The van der Waals surface area contributed by atoms with Gasteiger partial charge < -0.3 is 10.5 Å². The molecule has 2 nitrogen and oxygen atoms in total. The zero-order valence-corrected chi connectivity index (χ0v) is 11.4. The maximum atomic E-state index is 13.4. The van der Waals surface area contributed by atoms with Gasteiger partial charge in [0.25, 0.3) is 0 Å². The maximum absolute atomic E-state index is 13.4. The normalized spacial score (nSPS) is 9.94. The van der Waals surface area contributed by atoms with Crippen molar-refractivity contribution in [3.05, 3.63) is 35.1 Å². The molecule has 0 amide bonds. The van der Waals surface area contributed by atoms with Crippen molar-refractivity contribution in [3.63, 3.8) is 0 Å². The zero-order chi connectivity index (χ0) is 13.2. The highest BCUT2D eigenvalue weighted by Crippen LogP contribution is 2.16. The molecule has 4 heteroatoms. The average Bonchev–Trinajstić information content (AvgIpc) is 2.35. The van der Waals surface area contributed by atoms with E-state index < -0.39 is 0 Å². The third-order valence-electron chi connectivity index (χ3n) is 2.20. The molecule has 2 N–H and O–H groups in total. The molecule has 0 aliphatic carbocycles. The van der Waals surface area contributed by atoms with Crippen molar-refractivity contribution < 1.29 is 9.13 Å². The van der Waals surface area contributed by atoms with Crippen LogP contribution < -0.4 is 5.73 Å². The van der Waals surface area contributed by atoms with Gasteiger partial charge in [0, 0.05) is 25.0 Å². The summed E-state index contributed by atoms with van der Waals surface area (Å²) in [5.41, 5.74) is 6.94. The smallest absolute Gasteiger partial charge is 0.124 e. The Bertz CT molecular complexity index is 426. The molecule has 0 atom stereocenters. The van der Waals surface area contributed by atoms with Crippen molar-refractivity contribution in [2.24, 2.45) is 5.73 Å². The van der Waals surface area contributed by atoms with E-state index in [1.807, 2.05) is 6.07 Å². The van der Waals surface area contributed by atoms with Gasteiger partial charge in [-0.3, -0.25) is 0 Å². The lowest BCUT2D eigenvalue weighted by Crippen LogP contribution is -1.94. The second-order valence-electron chi connectivity index (χ2n) is 3.75. The molecule has 1 aromatic rings. The molecule has 1 rings (SSSR count). The summed E-state index contributed by atoms with van der Waals surface area (Å²) in [5.74, 6) is 7.14. The molecule has 0 spiro atoms. The Balaban J connectivity index is 2.52. The first kappa shape index (κ1) is 15.0. The Morgan fingerprint density at radius 3 is 2.94 bits per heavy atom. The molecule has 0 radical (unpaired) electrons. The van der Waals surface area contributed by atoms with Gasteiger partial charge in [-0.1, -0.05) is 11.8 Å². The monoisotopic (exact) mass is 267 g/mol. The summed E-state index contributed by atoms with van der Waals surface area (Å²) >= 11 is 1.77. The highest BCUT2D eigenvalue weighted by atomic mass is 32.2. The number of nitrogens with two attached hydrogens (primary N) is 1. The van der Waals surface area contributed by atoms with Gasteiger partial charge in [-0.15, -0.1) is 0 Å². The molecule has 18 heavy (non-hydrogen) atoms. The van der Waals surface area contributed by atoms with E-state index in [0.29, 0.717) is 5.56 Å². The molecule has 0 saturated carbocycles. The Morgan fingerprint density at radius 2 is 2.22 bits per heavy atom. The van der Waals surface area contributed by atoms with Crippen molar-refractivity contribution in [1.29, 1.82) is 0 Å². The third-order valence-corrected chi connectivity index (χ3v) is 3.31. The topological polar surface area (TPSA) is 35.2 Å². The Morgan fingerprint density at radius 1 is 1.39 bits per heavy atom. The summed E-state index contributed by atoms with van der Waals surface area (Å²) in [6.07, 6.45) is 1.01. The van der Waals surface area contributed by atoms with Crippen molar-refractivity contribution in [3.8, 4) is 11.8 Å². The van der Waals surface area contributed by atoms with Crippen LogP contribution in [0, 0.1) is 17.7 Å². The lowest BCUT2D eigenvalue weighted by Gasteiger charge is -2.03. The second-order valence-corrected chi connectivity index (χ2v) is 4.86. The Labute approximate surface area is 112 Å². The molecule has 0 fully saturated rings. The standard InChI is InChI=1S/C14H18FNOS/c1-17-6-3-7-18-11-13-8-12(4-2-5-16)9-14(15)10-13/h8-10H,3,5-7,11,16H2,1H3. The summed E-state index contributed by atoms with van der Waals surface area (Å²) in [4.78, 5) is 0. The highest BCUT2D eigenvalue weighted by Gasteiger charge is 2.00. The number of benzene rings is 1. The molecule has 0 bridgehead atoms. The number of hydrogen-bond donors (Lipinski definition) is 1. The van der Waals surface area contributed by atoms with E-state index in [0.717, 1.165) is 30.1 Å². The Hall–Kier alpha value is -1.02. The van der Waals surface area contributed by atoms with Crippen LogP contribution in [0.2, 0.25) is 0 Å². The molecule has 0 saturated heterocycles. The van der Waals surface area contributed by atoms with Gasteiger partial charge in [-0.05, 0) is 35.9 Å². The van der Waals surface area contributed by atoms with Gasteiger partial charge in [-0.2, -0.15) is 11.8 Å². The fraction of sp³-hybridized carbons (Fsp3) is 0.429. The van der Waals surface area contributed by atoms with E-state index >= 15 is 0 Å². The number of halogens is 1. The first-order valence-electron chi connectivity index (χ1n) is 5.81. The lowest BCUT2D eigenvalue weighted by atomic mass is 10.1. The average molecular weight is 267 g/mol. The quantitative estimate of drug-likeness (QED) is 0.635. The van der Waals surface area contributed by atoms with E-state index in [-0.39, 0.29) is 12.4 Å². The summed E-state index contributed by atoms with van der Waals surface area (Å²) in [5, 5.41) is 0. The van der Waals surface area contributed by atoms with Crippen LogP contribution in [0.25, 0.3) is 0 Å². The van der Waals surface area contributed by atoms with Crippen LogP contribution in [0.4, 0.5) is 4.39 Å². The number of thioether (sulfide) groups is 1. The zero-order valence-electron chi connectivity index (χ0n) is 10.5. The van der Waals surface area contributed by atoms with Crippen LogP contribution in [0.1, 0.15) is 17.5 Å². The number of hydrogen-bond acceptors (Lipinski definition) is 3. The minimum Gasteiger partial charge on any atom is -0.385 e. The van der Waals surface area contributed by atoms with Crippen molar-refractivity contribution in [2.45, 2.75) is 12.2 Å². The van der Waals surface area contributed by atoms with Gasteiger partial charge in [0.2, 0.25) is 0 Å². The first-order valence-corrected chi connectivity index (χ1v) is 6.97. The van der Waals surface area contributed by atoms with Gasteiger partial charge in [0.15, 0.2) is 0 Å². The van der Waals surface area contributed by atoms with Crippen molar-refractivity contribution in [1.82, 2.24) is 0 Å². The summed E-state index contributed by atoms with van der Waals surface area (Å²) in [6.45, 7) is 1.06. The summed E-state index contributed by atoms with van der Waals surface area (Å²) in [7, 11) is 1.69. The molecular formula is C14H18FNOS. The minimum absolute atomic E-state index is 0.244. The number of methoxy groups -OCH3 is 1. The summed E-state index contributed by atoms with van der Waals surface area (Å²) in [6, 6.07) is 4.90. The predicted octanol–water partition coefficient (Wildman–Crippen LogP) is 2.41. The molecule has 0 aliphatic rings. The SMILES string of the molecule is COCCCSCc1cc(F)cc(C#CCN)c1. The molecule has 0 aliphatic heterocycles. The third kappa shape index (κ3) is 6.06. The van der Waals surface area contributed by atoms with Crippen molar-refractivity contribution in [2.75, 3.05) is 26.0 Å². The first-order chi connectivity index (χ1) is 8.76. The van der Waals surface area contributed by atoms with Gasteiger partial charge in [-0.25, -0.2) is 4.39 Å². The molecular weight excluding hydrogens is 249 g/mol. The molecule has 0 heterocycles. The van der Waals surface area contributed by atoms with E-state index in [9.17, 15) is 4.39 Å². The van der Waals surface area contributed by atoms with Crippen LogP contribution in [-0.4, -0.2) is 26.0 Å². The fourth-order valence-electron chi connectivity index (χ4n) is 1.45. The highest BCUT2D eigenvalue weighted by molar-refractivity contribution is 7.98. The van der Waals surface area contributed by atoms with E-state index in [4.69, 9.17) is 10.5 Å². The van der Waals surface area contributed by atoms with Crippen LogP contribution in [0.5, 0.6) is 0 Å². The van der Waals surface area contributed by atoms with E-state index in [1.54, 1.807) is 24.9 Å². The molecule has 0 unspecified atom stereocenters.